The molecule has 0 radical (unpaired) electrons. The van der Waals surface area contributed by atoms with Crippen molar-refractivity contribution in [2.75, 3.05) is 19.4 Å². The number of hydrogen-bond acceptors (Lipinski definition) is 4. The van der Waals surface area contributed by atoms with E-state index in [0.29, 0.717) is 11.4 Å². The topological polar surface area (TPSA) is 66.4 Å². The normalized spacial score (nSPS) is 13.3. The van der Waals surface area contributed by atoms with Gasteiger partial charge in [-0.25, -0.2) is 0 Å². The van der Waals surface area contributed by atoms with Crippen molar-refractivity contribution < 1.29 is 14.1 Å². The lowest BCUT2D eigenvalue weighted by atomic mass is 10.2. The van der Waals surface area contributed by atoms with Crippen molar-refractivity contribution in [1.29, 1.82) is 0 Å². The lowest BCUT2D eigenvalue weighted by Gasteiger charge is -2.08. The van der Waals surface area contributed by atoms with Gasteiger partial charge in [0.2, 0.25) is 0 Å². The molecule has 0 aliphatic heterocycles. The van der Waals surface area contributed by atoms with Crippen LogP contribution >= 0.6 is 11.3 Å². The molecule has 104 valence electrons. The van der Waals surface area contributed by atoms with Crippen LogP contribution in [-0.4, -0.2) is 39.9 Å². The Kier molecular flexibility index (Phi) is 6.22. The minimum absolute atomic E-state index is 0.0707. The second-order valence-electron chi connectivity index (χ2n) is 4.10. The predicted molar refractivity (Wildman–Crippen MR) is 78.9 cm³/mol. The number of aliphatic hydroxyl groups excluding tert-OH is 1. The summed E-state index contributed by atoms with van der Waals surface area (Å²) in [6, 6.07) is 1.77. The zero-order valence-corrected chi connectivity index (χ0v) is 12.8. The van der Waals surface area contributed by atoms with Crippen molar-refractivity contribution in [3.05, 3.63) is 21.4 Å². The largest absolute Gasteiger partial charge is 0.384 e. The molecule has 0 fully saturated rings. The first-order chi connectivity index (χ1) is 8.95. The molecule has 1 rings (SSSR count). The second kappa shape index (κ2) is 7.43. The van der Waals surface area contributed by atoms with Gasteiger partial charge >= 0.3 is 0 Å². The average molecular weight is 299 g/mol. The zero-order chi connectivity index (χ0) is 14.4. The van der Waals surface area contributed by atoms with Gasteiger partial charge in [-0.15, -0.1) is 11.3 Å². The van der Waals surface area contributed by atoms with Gasteiger partial charge in [0.05, 0.1) is 9.75 Å². The number of rotatable bonds is 4. The fourth-order valence-electron chi connectivity index (χ4n) is 1.28. The molecule has 1 amide bonds. The first kappa shape index (κ1) is 15.9. The minimum Gasteiger partial charge on any atom is -0.384 e. The first-order valence-electron chi connectivity index (χ1n) is 5.76. The number of carbonyl (C=O) groups is 1. The monoisotopic (exact) mass is 299 g/mol. The molecular weight excluding hydrogens is 282 g/mol. The summed E-state index contributed by atoms with van der Waals surface area (Å²) in [5, 5.41) is 11.3. The molecule has 19 heavy (non-hydrogen) atoms. The summed E-state index contributed by atoms with van der Waals surface area (Å²) >= 11 is 1.29. The van der Waals surface area contributed by atoms with Crippen molar-refractivity contribution in [2.45, 2.75) is 19.1 Å². The molecule has 1 aromatic rings. The van der Waals surface area contributed by atoms with Gasteiger partial charge in [-0.05, 0) is 25.5 Å². The molecule has 2 atom stereocenters. The lowest BCUT2D eigenvalue weighted by Crippen LogP contribution is -2.32. The molecule has 0 saturated heterocycles. The first-order valence-corrected chi connectivity index (χ1v) is 8.20. The highest BCUT2D eigenvalue weighted by Gasteiger charge is 2.13. The number of nitrogens with one attached hydrogen (secondary N) is 1. The summed E-state index contributed by atoms with van der Waals surface area (Å²) in [6.07, 6.45) is 1.62. The maximum atomic E-state index is 11.9. The van der Waals surface area contributed by atoms with Crippen LogP contribution in [0.5, 0.6) is 0 Å². The fraction of sp³-hybridized carbons (Fsp3) is 0.462. The number of carbonyl (C=O) groups excluding carboxylic acids is 1. The summed E-state index contributed by atoms with van der Waals surface area (Å²) in [6.45, 7) is 3.89. The van der Waals surface area contributed by atoms with E-state index in [9.17, 15) is 9.00 Å². The third-order valence-electron chi connectivity index (χ3n) is 2.54. The van der Waals surface area contributed by atoms with Gasteiger partial charge in [0.1, 0.15) is 6.61 Å². The smallest absolute Gasteiger partial charge is 0.261 e. The van der Waals surface area contributed by atoms with Crippen molar-refractivity contribution in [3.63, 3.8) is 0 Å². The molecule has 4 nitrogen and oxygen atoms in total. The highest BCUT2D eigenvalue weighted by atomic mass is 32.2. The van der Waals surface area contributed by atoms with Gasteiger partial charge in [-0.1, -0.05) is 11.8 Å². The Morgan fingerprint density at radius 1 is 1.63 bits per heavy atom. The number of thiophene rings is 1. The average Bonchev–Trinajstić information content (AvgIpc) is 2.74. The van der Waals surface area contributed by atoms with Crippen molar-refractivity contribution in [3.8, 4) is 11.8 Å². The number of aryl methyl sites for hydroxylation is 1. The van der Waals surface area contributed by atoms with E-state index in [1.807, 2.05) is 13.8 Å². The number of amides is 1. The zero-order valence-electron chi connectivity index (χ0n) is 11.1. The SMILES string of the molecule is Cc1cc(C(=O)NCC(C)S(C)=O)sc1C#CCO. The Morgan fingerprint density at radius 3 is 2.89 bits per heavy atom. The van der Waals surface area contributed by atoms with E-state index < -0.39 is 10.8 Å². The van der Waals surface area contributed by atoms with E-state index >= 15 is 0 Å². The van der Waals surface area contributed by atoms with Gasteiger partial charge in [-0.3, -0.25) is 9.00 Å². The van der Waals surface area contributed by atoms with E-state index in [-0.39, 0.29) is 17.8 Å². The van der Waals surface area contributed by atoms with Crippen LogP contribution in [0.15, 0.2) is 6.07 Å². The van der Waals surface area contributed by atoms with Crippen molar-refractivity contribution in [1.82, 2.24) is 5.32 Å². The van der Waals surface area contributed by atoms with Crippen molar-refractivity contribution in [2.24, 2.45) is 0 Å². The van der Waals surface area contributed by atoms with Crippen LogP contribution in [0, 0.1) is 18.8 Å². The highest BCUT2D eigenvalue weighted by molar-refractivity contribution is 7.84. The van der Waals surface area contributed by atoms with Gasteiger partial charge in [-0.2, -0.15) is 0 Å². The molecule has 1 heterocycles. The molecule has 2 N–H and O–H groups in total. The Labute approximate surface area is 119 Å². The number of hydrogen-bond donors (Lipinski definition) is 2. The van der Waals surface area contributed by atoms with Crippen molar-refractivity contribution >= 4 is 28.0 Å². The van der Waals surface area contributed by atoms with Gasteiger partial charge in [0.25, 0.3) is 5.91 Å². The Hall–Kier alpha value is -1.16. The Bertz CT molecular complexity index is 540. The van der Waals surface area contributed by atoms with Gasteiger partial charge < -0.3 is 10.4 Å². The summed E-state index contributed by atoms with van der Waals surface area (Å²) in [5.41, 5.74) is 0.920. The summed E-state index contributed by atoms with van der Waals surface area (Å²) in [4.78, 5) is 13.3. The molecule has 0 aliphatic rings. The molecule has 0 aliphatic carbocycles. The summed E-state index contributed by atoms with van der Waals surface area (Å²) < 4.78 is 11.2. The molecule has 6 heteroatoms. The highest BCUT2D eigenvalue weighted by Crippen LogP contribution is 2.20. The van der Waals surface area contributed by atoms with Crippen LogP contribution in [-0.2, 0) is 10.8 Å². The standard InChI is InChI=1S/C13H17NO3S2/c1-9-7-12(18-11(9)5-4-6-15)13(16)14-8-10(2)19(3)17/h7,10,15H,6,8H2,1-3H3,(H,14,16). The Morgan fingerprint density at radius 2 is 2.32 bits per heavy atom. The van der Waals surface area contributed by atoms with E-state index in [2.05, 4.69) is 17.2 Å². The Balaban J connectivity index is 2.70. The molecule has 0 saturated carbocycles. The third kappa shape index (κ3) is 4.78. The quantitative estimate of drug-likeness (QED) is 0.812. The summed E-state index contributed by atoms with van der Waals surface area (Å²) in [5.74, 6) is 5.20. The van der Waals surface area contributed by atoms with Crippen LogP contribution in [0.1, 0.15) is 27.0 Å². The van der Waals surface area contributed by atoms with Crippen LogP contribution in [0.25, 0.3) is 0 Å². The molecule has 2 unspecified atom stereocenters. The van der Waals surface area contributed by atoms with Crippen LogP contribution in [0.4, 0.5) is 0 Å². The van der Waals surface area contributed by atoms with Gasteiger partial charge in [0, 0.05) is 28.9 Å². The second-order valence-corrected chi connectivity index (χ2v) is 6.96. The molecule has 0 aromatic carbocycles. The van der Waals surface area contributed by atoms with Crippen LogP contribution in [0.3, 0.4) is 0 Å². The van der Waals surface area contributed by atoms with E-state index in [1.54, 1.807) is 12.3 Å². The number of aliphatic hydroxyl groups is 1. The molecule has 0 bridgehead atoms. The van der Waals surface area contributed by atoms with E-state index in [4.69, 9.17) is 5.11 Å². The molecule has 1 aromatic heterocycles. The van der Waals surface area contributed by atoms with E-state index in [0.717, 1.165) is 10.4 Å². The maximum absolute atomic E-state index is 11.9. The minimum atomic E-state index is -0.948. The van der Waals surface area contributed by atoms with E-state index in [1.165, 1.54) is 11.3 Å². The maximum Gasteiger partial charge on any atom is 0.261 e. The summed E-state index contributed by atoms with van der Waals surface area (Å²) in [7, 11) is -0.948. The predicted octanol–water partition coefficient (Wildman–Crippen LogP) is 0.897. The van der Waals surface area contributed by atoms with Gasteiger partial charge in [0.15, 0.2) is 0 Å². The fourth-order valence-corrected chi connectivity index (χ4v) is 2.56. The molecule has 0 spiro atoms. The lowest BCUT2D eigenvalue weighted by molar-refractivity contribution is 0.0958. The molecular formula is C13H17NO3S2. The van der Waals surface area contributed by atoms with Crippen LogP contribution in [0.2, 0.25) is 0 Å². The van der Waals surface area contributed by atoms with Crippen LogP contribution < -0.4 is 5.32 Å². The third-order valence-corrected chi connectivity index (χ3v) is 4.99.